The third-order valence-corrected chi connectivity index (χ3v) is 6.55. The van der Waals surface area contributed by atoms with Gasteiger partial charge in [0.2, 0.25) is 0 Å². The van der Waals surface area contributed by atoms with Crippen LogP contribution in [0.2, 0.25) is 0 Å². The molecule has 0 unspecified atom stereocenters. The number of carbonyl (C=O) groups is 1. The molecule has 0 saturated heterocycles. The van der Waals surface area contributed by atoms with E-state index in [0.29, 0.717) is 0 Å². The van der Waals surface area contributed by atoms with Crippen molar-refractivity contribution < 1.29 is 54.9 Å². The predicted molar refractivity (Wildman–Crippen MR) is 37.8 cm³/mol. The van der Waals surface area contributed by atoms with E-state index < -0.39 is 25.0 Å². The van der Waals surface area contributed by atoms with E-state index in [9.17, 15) is 4.79 Å². The average Bonchev–Trinajstić information content (AvgIpc) is 2.03. The van der Waals surface area contributed by atoms with Gasteiger partial charge in [-0.05, 0) is 0 Å². The first-order chi connectivity index (χ1) is 5.29. The molecule has 0 aliphatic rings. The van der Waals surface area contributed by atoms with Crippen molar-refractivity contribution in [3.63, 3.8) is 0 Å². The molecule has 0 aromatic heterocycles. The van der Waals surface area contributed by atoms with Gasteiger partial charge in [-0.2, -0.15) is 0 Å². The minimum Gasteiger partial charge on any atom is 0 e. The molecular weight excluding hydrogens is 526 g/mol. The van der Waals surface area contributed by atoms with Gasteiger partial charge >= 0.3 is 78.8 Å². The van der Waals surface area contributed by atoms with Gasteiger partial charge < -0.3 is 0 Å². The minimum atomic E-state index is -1.52. The number of benzene rings is 1. The Hall–Kier alpha value is 0.365. The first kappa shape index (κ1) is 12.4. The second-order valence-electron chi connectivity index (χ2n) is 2.27. The van der Waals surface area contributed by atoms with Crippen molar-refractivity contribution in [3.05, 3.63) is 30.3 Å². The smallest absolute Gasteiger partial charge is 0 e. The molecule has 0 saturated carbocycles. The summed E-state index contributed by atoms with van der Waals surface area (Å²) < 4.78 is 6.25. The molecule has 0 amide bonds. The molecule has 0 aliphatic heterocycles. The minimum absolute atomic E-state index is 0. The zero-order valence-electron chi connectivity index (χ0n) is 6.71. The Bertz CT molecular complexity index is 238. The molecule has 65 valence electrons. The molecule has 0 atom stereocenters. The monoisotopic (exact) mass is 535 g/mol. The quantitative estimate of drug-likeness (QED) is 0.528. The predicted octanol–water partition coefficient (Wildman–Crippen LogP) is 0.870. The molecule has 0 fully saturated rings. The molecule has 0 spiro atoms. The van der Waals surface area contributed by atoms with Crippen LogP contribution in [0.4, 0.5) is 0 Å². The third-order valence-electron chi connectivity index (χ3n) is 1.28. The summed E-state index contributed by atoms with van der Waals surface area (Å²) in [5.41, 5.74) is 0. The van der Waals surface area contributed by atoms with Crippen LogP contribution in [0.15, 0.2) is 30.3 Å². The van der Waals surface area contributed by atoms with Crippen LogP contribution in [-0.2, 0) is 54.9 Å². The van der Waals surface area contributed by atoms with Gasteiger partial charge in [0.05, 0.1) is 0 Å². The van der Waals surface area contributed by atoms with Crippen LogP contribution in [0.5, 0.6) is 0 Å². The fourth-order valence-electron chi connectivity index (χ4n) is 0.759. The van der Waals surface area contributed by atoms with E-state index in [-0.39, 0.29) is 28.3 Å². The van der Waals surface area contributed by atoms with E-state index in [1.54, 1.807) is 0 Å². The summed E-state index contributed by atoms with van der Waals surface area (Å²) in [6.45, 7) is 1.46. The first-order valence-electron chi connectivity index (χ1n) is 3.46. The Balaban J connectivity index is 0.00000121. The summed E-state index contributed by atoms with van der Waals surface area (Å²) in [6.07, 6.45) is 0. The van der Waals surface area contributed by atoms with Crippen LogP contribution >= 0.6 is 0 Å². The van der Waals surface area contributed by atoms with Crippen molar-refractivity contribution in [1.29, 1.82) is 0 Å². The average molecular weight is 534 g/mol. The molecule has 0 bridgehead atoms. The van der Waals surface area contributed by atoms with Gasteiger partial charge in [-0.25, -0.2) is 0 Å². The summed E-state index contributed by atoms with van der Waals surface area (Å²) in [4.78, 5) is 10.5. The molecule has 1 aromatic rings. The number of hydrogen-bond acceptors (Lipinski definition) is 2. The Morgan fingerprint density at radius 3 is 2.42 bits per heavy atom. The van der Waals surface area contributed by atoms with Gasteiger partial charge in [0.15, 0.2) is 0 Å². The van der Waals surface area contributed by atoms with Gasteiger partial charge in [0.1, 0.15) is 0 Å². The zero-order chi connectivity index (χ0) is 8.10. The Labute approximate surface area is 100 Å². The standard InChI is InChI=1S/C6H5.C2H4O2.Au.Hg/c1-2-4-6-5-3-1;1-2(3)4;;/h1-5H;1H3,(H,3,4);;/q;;;+1/p-1. The van der Waals surface area contributed by atoms with Gasteiger partial charge in [0.25, 0.3) is 0 Å². The second kappa shape index (κ2) is 6.84. The molecule has 0 aliphatic carbocycles. The number of hydrogen-bond donors (Lipinski definition) is 0. The van der Waals surface area contributed by atoms with Crippen LogP contribution in [0.25, 0.3) is 0 Å². The van der Waals surface area contributed by atoms with Gasteiger partial charge in [-0.1, -0.05) is 0 Å². The van der Waals surface area contributed by atoms with Crippen molar-refractivity contribution in [1.82, 2.24) is 0 Å². The SMILES string of the molecule is CC(=O)[O][Hg][c]1ccccc1.[Au]. The molecule has 1 radical (unpaired) electrons. The fraction of sp³-hybridized carbons (Fsp3) is 0.125. The summed E-state index contributed by atoms with van der Waals surface area (Å²) in [5, 5.41) is 0. The Kier molecular flexibility index (Phi) is 7.04. The fourth-order valence-corrected chi connectivity index (χ4v) is 4.00. The summed E-state index contributed by atoms with van der Waals surface area (Å²) in [7, 11) is 0. The van der Waals surface area contributed by atoms with Crippen LogP contribution in [0.3, 0.4) is 0 Å². The molecule has 4 heteroatoms. The van der Waals surface area contributed by atoms with E-state index in [1.807, 2.05) is 30.3 Å². The van der Waals surface area contributed by atoms with Crippen LogP contribution in [0.1, 0.15) is 6.92 Å². The van der Waals surface area contributed by atoms with Gasteiger partial charge in [-0.15, -0.1) is 0 Å². The van der Waals surface area contributed by atoms with E-state index in [1.165, 1.54) is 10.00 Å². The van der Waals surface area contributed by atoms with Crippen molar-refractivity contribution in [2.75, 3.05) is 0 Å². The molecule has 0 heterocycles. The van der Waals surface area contributed by atoms with E-state index >= 15 is 0 Å². The number of rotatable bonds is 2. The van der Waals surface area contributed by atoms with Crippen LogP contribution in [-0.4, -0.2) is 5.97 Å². The largest absolute Gasteiger partial charge is 0 e. The maximum Gasteiger partial charge on any atom is 0 e. The normalized spacial score (nSPS) is 7.75. The van der Waals surface area contributed by atoms with E-state index in [2.05, 4.69) is 0 Å². The molecule has 12 heavy (non-hydrogen) atoms. The van der Waals surface area contributed by atoms with Crippen LogP contribution in [0, 0.1) is 0 Å². The van der Waals surface area contributed by atoms with Crippen molar-refractivity contribution in [2.45, 2.75) is 6.92 Å². The van der Waals surface area contributed by atoms with Crippen molar-refractivity contribution in [3.8, 4) is 0 Å². The zero-order valence-corrected chi connectivity index (χ0v) is 14.4. The van der Waals surface area contributed by atoms with Crippen molar-refractivity contribution in [2.24, 2.45) is 0 Å². The molecule has 1 aromatic carbocycles. The Morgan fingerprint density at radius 1 is 1.33 bits per heavy atom. The van der Waals surface area contributed by atoms with Gasteiger partial charge in [-0.3, -0.25) is 0 Å². The molecule has 1 rings (SSSR count). The van der Waals surface area contributed by atoms with E-state index in [0.717, 1.165) is 0 Å². The van der Waals surface area contributed by atoms with Crippen molar-refractivity contribution >= 4 is 9.04 Å². The summed E-state index contributed by atoms with van der Waals surface area (Å²) >= 11 is -1.52. The van der Waals surface area contributed by atoms with Gasteiger partial charge in [0, 0.05) is 22.4 Å². The maximum atomic E-state index is 10.5. The van der Waals surface area contributed by atoms with E-state index in [4.69, 9.17) is 2.64 Å². The van der Waals surface area contributed by atoms with Crippen LogP contribution < -0.4 is 3.07 Å². The first-order valence-corrected chi connectivity index (χ1v) is 8.45. The third kappa shape index (κ3) is 5.09. The molecule has 2 nitrogen and oxygen atoms in total. The molecular formula is C8H8AuHgO2. The molecule has 0 N–H and O–H groups in total. The second-order valence-corrected chi connectivity index (χ2v) is 7.68. The summed E-state index contributed by atoms with van der Waals surface area (Å²) in [6, 6.07) is 9.94. The maximum absolute atomic E-state index is 10.5. The Morgan fingerprint density at radius 2 is 1.92 bits per heavy atom. The summed E-state index contributed by atoms with van der Waals surface area (Å²) in [5.74, 6) is -0.143. The number of carbonyl (C=O) groups excluding carboxylic acids is 1. The topological polar surface area (TPSA) is 26.3 Å².